The molecule has 3 rings (SSSR count). The summed E-state index contributed by atoms with van der Waals surface area (Å²) in [6.07, 6.45) is 4.00. The van der Waals surface area contributed by atoms with E-state index in [4.69, 9.17) is 11.6 Å². The lowest BCUT2D eigenvalue weighted by molar-refractivity contribution is 0.791. The van der Waals surface area contributed by atoms with Crippen molar-refractivity contribution in [2.45, 2.75) is 13.1 Å². The van der Waals surface area contributed by atoms with Crippen molar-refractivity contribution in [1.82, 2.24) is 14.9 Å². The number of aromatic nitrogens is 2. The van der Waals surface area contributed by atoms with Gasteiger partial charge in [0.05, 0.1) is 0 Å². The molecule has 1 N–H and O–H groups in total. The second-order valence-corrected chi connectivity index (χ2v) is 5.25. The van der Waals surface area contributed by atoms with Crippen LogP contribution in [0, 0.1) is 0 Å². The Hall–Kier alpha value is -1.84. The first-order chi connectivity index (χ1) is 9.78. The smallest absolute Gasteiger partial charge is 0.140 e. The van der Waals surface area contributed by atoms with Gasteiger partial charge in [0.15, 0.2) is 0 Å². The van der Waals surface area contributed by atoms with Crippen LogP contribution in [0.4, 0.5) is 0 Å². The van der Waals surface area contributed by atoms with Gasteiger partial charge in [0.2, 0.25) is 0 Å². The first kappa shape index (κ1) is 13.2. The van der Waals surface area contributed by atoms with Crippen LogP contribution < -0.4 is 5.32 Å². The Morgan fingerprint density at radius 2 is 2.15 bits per heavy atom. The molecule has 0 atom stereocenters. The largest absolute Gasteiger partial charge is 0.328 e. The van der Waals surface area contributed by atoms with Gasteiger partial charge >= 0.3 is 0 Å². The van der Waals surface area contributed by atoms with Gasteiger partial charge in [0.25, 0.3) is 0 Å². The van der Waals surface area contributed by atoms with E-state index < -0.39 is 0 Å². The van der Waals surface area contributed by atoms with Gasteiger partial charge in [-0.2, -0.15) is 0 Å². The lowest BCUT2D eigenvalue weighted by Crippen LogP contribution is -2.04. The van der Waals surface area contributed by atoms with Crippen LogP contribution >= 0.6 is 11.6 Å². The number of nitrogens with one attached hydrogen (secondary N) is 1. The molecule has 0 unspecified atom stereocenters. The maximum absolute atomic E-state index is 6.05. The van der Waals surface area contributed by atoms with E-state index in [1.54, 1.807) is 0 Å². The van der Waals surface area contributed by atoms with Crippen molar-refractivity contribution in [3.8, 4) is 0 Å². The Bertz CT molecular complexity index is 733. The molecule has 4 heteroatoms. The number of hydrogen-bond donors (Lipinski definition) is 1. The molecule has 0 amide bonds. The van der Waals surface area contributed by atoms with E-state index in [1.165, 1.54) is 16.5 Å². The zero-order chi connectivity index (χ0) is 13.9. The third-order valence-electron chi connectivity index (χ3n) is 3.33. The van der Waals surface area contributed by atoms with E-state index in [-0.39, 0.29) is 0 Å². The number of halogens is 1. The van der Waals surface area contributed by atoms with Gasteiger partial charge in [-0.15, -0.1) is 0 Å². The topological polar surface area (TPSA) is 29.9 Å². The highest BCUT2D eigenvalue weighted by Crippen LogP contribution is 2.21. The first-order valence-electron chi connectivity index (χ1n) is 6.59. The summed E-state index contributed by atoms with van der Waals surface area (Å²) in [5.74, 6) is 0. The number of fused-ring (bicyclic) bond motifs is 1. The van der Waals surface area contributed by atoms with Crippen molar-refractivity contribution in [3.63, 3.8) is 0 Å². The number of rotatable bonds is 4. The second-order valence-electron chi connectivity index (χ2n) is 4.82. The summed E-state index contributed by atoms with van der Waals surface area (Å²) in [6, 6.07) is 12.0. The molecule has 1 aromatic carbocycles. The van der Waals surface area contributed by atoms with Crippen LogP contribution in [0.5, 0.6) is 0 Å². The Kier molecular flexibility index (Phi) is 3.72. The van der Waals surface area contributed by atoms with Gasteiger partial charge in [-0.1, -0.05) is 23.7 Å². The second kappa shape index (κ2) is 5.65. The molecule has 0 saturated carbocycles. The Labute approximate surface area is 123 Å². The number of benzene rings is 1. The summed E-state index contributed by atoms with van der Waals surface area (Å²) in [5, 5.41) is 5.16. The average Bonchev–Trinajstić information content (AvgIpc) is 2.78. The Morgan fingerprint density at radius 3 is 2.95 bits per heavy atom. The van der Waals surface area contributed by atoms with Gasteiger partial charge in [0, 0.05) is 35.9 Å². The molecule has 3 aromatic rings. The zero-order valence-electron chi connectivity index (χ0n) is 11.3. The van der Waals surface area contributed by atoms with Gasteiger partial charge < -0.3 is 9.88 Å². The molecule has 3 nitrogen and oxygen atoms in total. The first-order valence-corrected chi connectivity index (χ1v) is 6.97. The quantitative estimate of drug-likeness (QED) is 0.796. The molecule has 2 aromatic heterocycles. The lowest BCUT2D eigenvalue weighted by Gasteiger charge is -2.05. The normalized spacial score (nSPS) is 11.1. The van der Waals surface area contributed by atoms with Gasteiger partial charge in [-0.25, -0.2) is 4.98 Å². The van der Waals surface area contributed by atoms with Crippen LogP contribution in [0.2, 0.25) is 5.02 Å². The fourth-order valence-electron chi connectivity index (χ4n) is 2.48. The highest BCUT2D eigenvalue weighted by atomic mass is 35.5. The van der Waals surface area contributed by atoms with E-state index in [0.717, 1.165) is 23.8 Å². The van der Waals surface area contributed by atoms with E-state index in [2.05, 4.69) is 33.2 Å². The van der Waals surface area contributed by atoms with Crippen molar-refractivity contribution in [2.24, 2.45) is 0 Å². The summed E-state index contributed by atoms with van der Waals surface area (Å²) in [7, 11) is 1.95. The highest BCUT2D eigenvalue weighted by Gasteiger charge is 2.09. The van der Waals surface area contributed by atoms with E-state index in [1.807, 2.05) is 37.5 Å². The van der Waals surface area contributed by atoms with Crippen LogP contribution in [0.25, 0.3) is 11.0 Å². The standard InChI is InChI=1S/C16H16ClN3/c1-18-9-13-11-20(16-15(13)6-3-7-19-16)10-12-4-2-5-14(17)8-12/h2-8,11,18H,9-10H2,1H3. The highest BCUT2D eigenvalue weighted by molar-refractivity contribution is 6.30. The molecule has 2 heterocycles. The molecule has 0 bridgehead atoms. The predicted octanol–water partition coefficient (Wildman–Crippen LogP) is 3.46. The Balaban J connectivity index is 2.03. The van der Waals surface area contributed by atoms with Crippen LogP contribution in [0.15, 0.2) is 48.8 Å². The monoisotopic (exact) mass is 285 g/mol. The number of pyridine rings is 1. The minimum absolute atomic E-state index is 0.766. The van der Waals surface area contributed by atoms with Crippen LogP contribution in [0.1, 0.15) is 11.1 Å². The molecule has 0 radical (unpaired) electrons. The summed E-state index contributed by atoms with van der Waals surface area (Å²) in [5.41, 5.74) is 3.45. The molecule has 0 aliphatic heterocycles. The lowest BCUT2D eigenvalue weighted by atomic mass is 10.2. The van der Waals surface area contributed by atoms with E-state index in [9.17, 15) is 0 Å². The van der Waals surface area contributed by atoms with E-state index in [0.29, 0.717) is 0 Å². The predicted molar refractivity (Wildman–Crippen MR) is 83.1 cm³/mol. The van der Waals surface area contributed by atoms with Crippen molar-refractivity contribution < 1.29 is 0 Å². The molecule has 20 heavy (non-hydrogen) atoms. The molecule has 102 valence electrons. The van der Waals surface area contributed by atoms with Gasteiger partial charge in [-0.3, -0.25) is 0 Å². The minimum atomic E-state index is 0.766. The molecule has 0 spiro atoms. The van der Waals surface area contributed by atoms with Crippen molar-refractivity contribution in [1.29, 1.82) is 0 Å². The number of nitrogens with zero attached hydrogens (tertiary/aromatic N) is 2. The minimum Gasteiger partial charge on any atom is -0.328 e. The van der Waals surface area contributed by atoms with E-state index >= 15 is 0 Å². The maximum Gasteiger partial charge on any atom is 0.140 e. The summed E-state index contributed by atoms with van der Waals surface area (Å²) in [6.45, 7) is 1.61. The fourth-order valence-corrected chi connectivity index (χ4v) is 2.69. The SMILES string of the molecule is CNCc1cn(Cc2cccc(Cl)c2)c2ncccc12. The zero-order valence-corrected chi connectivity index (χ0v) is 12.1. The average molecular weight is 286 g/mol. The number of hydrogen-bond acceptors (Lipinski definition) is 2. The molecule has 0 aliphatic carbocycles. The van der Waals surface area contributed by atoms with Crippen molar-refractivity contribution in [2.75, 3.05) is 7.05 Å². The summed E-state index contributed by atoms with van der Waals surface area (Å²) < 4.78 is 2.17. The van der Waals surface area contributed by atoms with Gasteiger partial charge in [0.1, 0.15) is 5.65 Å². The molecular formula is C16H16ClN3. The Morgan fingerprint density at radius 1 is 1.25 bits per heavy atom. The van der Waals surface area contributed by atoms with Crippen molar-refractivity contribution in [3.05, 3.63) is 64.9 Å². The van der Waals surface area contributed by atoms with Crippen LogP contribution in [-0.4, -0.2) is 16.6 Å². The summed E-state index contributed by atoms with van der Waals surface area (Å²) in [4.78, 5) is 4.50. The molecule has 0 saturated heterocycles. The fraction of sp³-hybridized carbons (Fsp3) is 0.188. The molecule has 0 fully saturated rings. The van der Waals surface area contributed by atoms with Crippen LogP contribution in [0.3, 0.4) is 0 Å². The third-order valence-corrected chi connectivity index (χ3v) is 3.56. The van der Waals surface area contributed by atoms with Crippen molar-refractivity contribution >= 4 is 22.6 Å². The maximum atomic E-state index is 6.05. The molecular weight excluding hydrogens is 270 g/mol. The van der Waals surface area contributed by atoms with Crippen LogP contribution in [-0.2, 0) is 13.1 Å². The van der Waals surface area contributed by atoms with Gasteiger partial charge in [-0.05, 0) is 42.4 Å². The molecule has 0 aliphatic rings. The summed E-state index contributed by atoms with van der Waals surface area (Å²) >= 11 is 6.05. The third kappa shape index (κ3) is 2.55.